The van der Waals surface area contributed by atoms with E-state index < -0.39 is 11.5 Å². The van der Waals surface area contributed by atoms with Crippen LogP contribution in [0.25, 0.3) is 0 Å². The quantitative estimate of drug-likeness (QED) is 0.850. The Bertz CT molecular complexity index is 844. The zero-order valence-electron chi connectivity index (χ0n) is 14.2. The van der Waals surface area contributed by atoms with Crippen molar-refractivity contribution in [2.24, 2.45) is 4.99 Å². The molecule has 1 N–H and O–H groups in total. The molecule has 130 valence electrons. The standard InChI is InChI=1S/C18H18FN3O2S/c1-4-24-17(23)14-11(2)21-15(16-20-9-10-25-16)22-18(14,3)12-5-7-13(19)8-6-12/h5-10H,4H2,1-3H3,(H,21,22)/t18-/m0/s1. The first kappa shape index (κ1) is 17.3. The predicted molar refractivity (Wildman–Crippen MR) is 94.9 cm³/mol. The third-order valence-corrected chi connectivity index (χ3v) is 4.80. The minimum atomic E-state index is -1.00. The number of halogens is 1. The van der Waals surface area contributed by atoms with Crippen molar-refractivity contribution >= 4 is 23.1 Å². The highest BCUT2D eigenvalue weighted by Crippen LogP contribution is 2.38. The lowest BCUT2D eigenvalue weighted by atomic mass is 9.82. The molecule has 0 radical (unpaired) electrons. The minimum absolute atomic E-state index is 0.262. The molecule has 0 amide bonds. The maximum Gasteiger partial charge on any atom is 0.338 e. The minimum Gasteiger partial charge on any atom is -0.463 e. The van der Waals surface area contributed by atoms with Gasteiger partial charge in [-0.05, 0) is 38.5 Å². The number of benzene rings is 1. The molecule has 3 rings (SSSR count). The molecule has 0 saturated heterocycles. The van der Waals surface area contributed by atoms with Gasteiger partial charge in [-0.2, -0.15) is 0 Å². The number of esters is 1. The van der Waals surface area contributed by atoms with E-state index in [4.69, 9.17) is 9.73 Å². The van der Waals surface area contributed by atoms with Crippen LogP contribution >= 0.6 is 11.3 Å². The van der Waals surface area contributed by atoms with Crippen molar-refractivity contribution in [2.75, 3.05) is 6.61 Å². The zero-order valence-corrected chi connectivity index (χ0v) is 15.0. The first-order valence-corrected chi connectivity index (χ1v) is 8.75. The Kier molecular flexibility index (Phi) is 4.67. The SMILES string of the molecule is CCOC(=O)C1=C(C)NC(c2nccs2)=N[C@@]1(C)c1ccc(F)cc1. The Labute approximate surface area is 149 Å². The van der Waals surface area contributed by atoms with Gasteiger partial charge in [-0.1, -0.05) is 12.1 Å². The van der Waals surface area contributed by atoms with Gasteiger partial charge >= 0.3 is 5.97 Å². The number of hydrogen-bond donors (Lipinski definition) is 1. The van der Waals surface area contributed by atoms with Crippen molar-refractivity contribution in [3.8, 4) is 0 Å². The van der Waals surface area contributed by atoms with Gasteiger partial charge in [-0.3, -0.25) is 0 Å². The van der Waals surface area contributed by atoms with Crippen LogP contribution in [0.5, 0.6) is 0 Å². The summed E-state index contributed by atoms with van der Waals surface area (Å²) >= 11 is 1.45. The number of aromatic nitrogens is 1. The number of carbonyl (C=O) groups is 1. The molecule has 0 spiro atoms. The van der Waals surface area contributed by atoms with Gasteiger partial charge < -0.3 is 10.1 Å². The molecular formula is C18H18FN3O2S. The van der Waals surface area contributed by atoms with Crippen molar-refractivity contribution in [2.45, 2.75) is 26.3 Å². The summed E-state index contributed by atoms with van der Waals surface area (Å²) in [4.78, 5) is 21.6. The average molecular weight is 359 g/mol. The second-order valence-electron chi connectivity index (χ2n) is 5.72. The van der Waals surface area contributed by atoms with Crippen LogP contribution in [0.2, 0.25) is 0 Å². The fourth-order valence-corrected chi connectivity index (χ4v) is 3.47. The van der Waals surface area contributed by atoms with Gasteiger partial charge in [-0.15, -0.1) is 11.3 Å². The Balaban J connectivity index is 2.16. The fraction of sp³-hybridized carbons (Fsp3) is 0.278. The highest BCUT2D eigenvalue weighted by Gasteiger charge is 2.41. The van der Waals surface area contributed by atoms with E-state index in [-0.39, 0.29) is 12.4 Å². The van der Waals surface area contributed by atoms with Gasteiger partial charge in [0.2, 0.25) is 0 Å². The van der Waals surface area contributed by atoms with Crippen molar-refractivity contribution in [1.82, 2.24) is 10.3 Å². The summed E-state index contributed by atoms with van der Waals surface area (Å²) in [6.45, 7) is 5.64. The van der Waals surface area contributed by atoms with Crippen LogP contribution in [0.1, 0.15) is 31.3 Å². The monoisotopic (exact) mass is 359 g/mol. The van der Waals surface area contributed by atoms with Crippen molar-refractivity contribution in [3.63, 3.8) is 0 Å². The number of hydrogen-bond acceptors (Lipinski definition) is 6. The van der Waals surface area contributed by atoms with Crippen molar-refractivity contribution < 1.29 is 13.9 Å². The zero-order chi connectivity index (χ0) is 18.0. The van der Waals surface area contributed by atoms with Crippen LogP contribution in [-0.4, -0.2) is 23.4 Å². The molecule has 0 fully saturated rings. The Hall–Kier alpha value is -2.54. The highest BCUT2D eigenvalue weighted by atomic mass is 32.1. The first-order valence-electron chi connectivity index (χ1n) is 7.87. The van der Waals surface area contributed by atoms with E-state index in [1.54, 1.807) is 32.2 Å². The fourth-order valence-electron chi connectivity index (χ4n) is 2.89. The van der Waals surface area contributed by atoms with Crippen molar-refractivity contribution in [1.29, 1.82) is 0 Å². The summed E-state index contributed by atoms with van der Waals surface area (Å²) in [6, 6.07) is 5.99. The van der Waals surface area contributed by atoms with Crippen LogP contribution in [0.15, 0.2) is 52.1 Å². The van der Waals surface area contributed by atoms with Gasteiger partial charge in [0.1, 0.15) is 11.4 Å². The van der Waals surface area contributed by atoms with Gasteiger partial charge in [0.15, 0.2) is 10.8 Å². The molecular weight excluding hydrogens is 341 g/mol. The second-order valence-corrected chi connectivity index (χ2v) is 6.62. The van der Waals surface area contributed by atoms with E-state index in [0.29, 0.717) is 22.7 Å². The number of thiazole rings is 1. The smallest absolute Gasteiger partial charge is 0.338 e. The molecule has 0 saturated carbocycles. The van der Waals surface area contributed by atoms with E-state index >= 15 is 0 Å². The molecule has 1 atom stereocenters. The van der Waals surface area contributed by atoms with Crippen LogP contribution < -0.4 is 5.32 Å². The van der Waals surface area contributed by atoms with E-state index in [1.165, 1.54) is 23.5 Å². The average Bonchev–Trinajstić information content (AvgIpc) is 3.09. The number of rotatable bonds is 4. The Morgan fingerprint density at radius 3 is 2.68 bits per heavy atom. The molecule has 0 unspecified atom stereocenters. The molecule has 7 heteroatoms. The molecule has 1 aliphatic heterocycles. The predicted octanol–water partition coefficient (Wildman–Crippen LogP) is 3.38. The van der Waals surface area contributed by atoms with Crippen LogP contribution in [0, 0.1) is 5.82 Å². The number of nitrogens with one attached hydrogen (secondary N) is 1. The third kappa shape index (κ3) is 3.19. The number of amidine groups is 1. The second kappa shape index (κ2) is 6.76. The molecule has 1 aliphatic rings. The van der Waals surface area contributed by atoms with E-state index in [2.05, 4.69) is 10.3 Å². The van der Waals surface area contributed by atoms with Gasteiger partial charge in [0.25, 0.3) is 0 Å². The number of aliphatic imine (C=N–C) groups is 1. The van der Waals surface area contributed by atoms with Gasteiger partial charge in [-0.25, -0.2) is 19.2 Å². The Morgan fingerprint density at radius 1 is 1.36 bits per heavy atom. The molecule has 2 aromatic rings. The van der Waals surface area contributed by atoms with Crippen LogP contribution in [0.4, 0.5) is 4.39 Å². The molecule has 0 aliphatic carbocycles. The van der Waals surface area contributed by atoms with E-state index in [0.717, 1.165) is 5.01 Å². The lowest BCUT2D eigenvalue weighted by molar-refractivity contribution is -0.139. The van der Waals surface area contributed by atoms with Gasteiger partial charge in [0.05, 0.1) is 12.2 Å². The normalized spacial score (nSPS) is 20.1. The first-order chi connectivity index (χ1) is 12.0. The number of ether oxygens (including phenoxy) is 1. The summed E-state index contributed by atoms with van der Waals surface area (Å²) in [5, 5.41) is 5.72. The van der Waals surface area contributed by atoms with E-state index in [1.807, 2.05) is 12.3 Å². The van der Waals surface area contributed by atoms with Gasteiger partial charge in [0, 0.05) is 17.3 Å². The molecule has 0 bridgehead atoms. The summed E-state index contributed by atoms with van der Waals surface area (Å²) in [6.07, 6.45) is 1.69. The maximum atomic E-state index is 13.4. The lowest BCUT2D eigenvalue weighted by Gasteiger charge is -2.34. The maximum absolute atomic E-state index is 13.4. The molecule has 2 heterocycles. The summed E-state index contributed by atoms with van der Waals surface area (Å²) in [5.74, 6) is -0.211. The van der Waals surface area contributed by atoms with Crippen LogP contribution in [-0.2, 0) is 15.1 Å². The number of nitrogens with zero attached hydrogens (tertiary/aromatic N) is 2. The summed E-state index contributed by atoms with van der Waals surface area (Å²) < 4.78 is 18.6. The Morgan fingerprint density at radius 2 is 2.08 bits per heavy atom. The summed E-state index contributed by atoms with van der Waals surface area (Å²) in [7, 11) is 0. The van der Waals surface area contributed by atoms with Crippen LogP contribution in [0.3, 0.4) is 0 Å². The largest absolute Gasteiger partial charge is 0.463 e. The number of allylic oxidation sites excluding steroid dienone is 1. The molecule has 5 nitrogen and oxygen atoms in total. The molecule has 1 aromatic carbocycles. The topological polar surface area (TPSA) is 63.6 Å². The summed E-state index contributed by atoms with van der Waals surface area (Å²) in [5.41, 5.74) is 0.745. The van der Waals surface area contributed by atoms with E-state index in [9.17, 15) is 9.18 Å². The molecule has 25 heavy (non-hydrogen) atoms. The highest BCUT2D eigenvalue weighted by molar-refractivity contribution is 7.11. The third-order valence-electron chi connectivity index (χ3n) is 4.02. The molecule has 1 aromatic heterocycles. The number of carbonyl (C=O) groups excluding carboxylic acids is 1. The lowest BCUT2D eigenvalue weighted by Crippen LogP contribution is -2.41. The van der Waals surface area contributed by atoms with Crippen molar-refractivity contribution in [3.05, 3.63) is 63.5 Å².